The SMILES string of the molecule is Cc1nsc(OC2CCCNC2)n1. The summed E-state index contributed by atoms with van der Waals surface area (Å²) < 4.78 is 9.73. The van der Waals surface area contributed by atoms with Gasteiger partial charge in [0.15, 0.2) is 0 Å². The number of aryl methyl sites for hydroxylation is 1. The molecule has 72 valence electrons. The minimum absolute atomic E-state index is 0.279. The minimum atomic E-state index is 0.279. The standard InChI is InChI=1S/C8H13N3OS/c1-6-10-8(13-11-6)12-7-3-2-4-9-5-7/h7,9H,2-5H2,1H3. The Hall–Kier alpha value is -0.680. The average Bonchev–Trinajstić information content (AvgIpc) is 2.53. The van der Waals surface area contributed by atoms with Gasteiger partial charge in [-0.2, -0.15) is 9.36 Å². The van der Waals surface area contributed by atoms with Gasteiger partial charge in [0.2, 0.25) is 0 Å². The lowest BCUT2D eigenvalue weighted by Crippen LogP contribution is -2.37. The Morgan fingerprint density at radius 3 is 3.15 bits per heavy atom. The molecule has 2 rings (SSSR count). The van der Waals surface area contributed by atoms with E-state index in [9.17, 15) is 0 Å². The van der Waals surface area contributed by atoms with Crippen molar-refractivity contribution in [3.05, 3.63) is 5.82 Å². The number of piperidine rings is 1. The van der Waals surface area contributed by atoms with E-state index in [1.165, 1.54) is 18.0 Å². The Bertz CT molecular complexity index is 270. The third kappa shape index (κ3) is 2.38. The summed E-state index contributed by atoms with van der Waals surface area (Å²) in [6.07, 6.45) is 2.58. The highest BCUT2D eigenvalue weighted by Crippen LogP contribution is 2.17. The second kappa shape index (κ2) is 4.02. The fraction of sp³-hybridized carbons (Fsp3) is 0.750. The van der Waals surface area contributed by atoms with Gasteiger partial charge in [0.1, 0.15) is 11.9 Å². The van der Waals surface area contributed by atoms with Crippen LogP contribution in [0.25, 0.3) is 0 Å². The molecule has 1 N–H and O–H groups in total. The van der Waals surface area contributed by atoms with Crippen molar-refractivity contribution < 1.29 is 4.74 Å². The molecule has 1 aliphatic heterocycles. The monoisotopic (exact) mass is 199 g/mol. The molecule has 0 saturated carbocycles. The first-order valence-corrected chi connectivity index (χ1v) is 5.29. The Morgan fingerprint density at radius 1 is 1.62 bits per heavy atom. The van der Waals surface area contributed by atoms with Gasteiger partial charge in [0, 0.05) is 18.1 Å². The second-order valence-electron chi connectivity index (χ2n) is 3.19. The van der Waals surface area contributed by atoms with E-state index in [1.54, 1.807) is 0 Å². The average molecular weight is 199 g/mol. The molecule has 2 heterocycles. The van der Waals surface area contributed by atoms with Crippen molar-refractivity contribution in [1.29, 1.82) is 0 Å². The molecule has 0 bridgehead atoms. The topological polar surface area (TPSA) is 47.0 Å². The van der Waals surface area contributed by atoms with Crippen molar-refractivity contribution in [3.63, 3.8) is 0 Å². The van der Waals surface area contributed by atoms with Crippen LogP contribution in [-0.4, -0.2) is 28.6 Å². The van der Waals surface area contributed by atoms with Gasteiger partial charge in [-0.25, -0.2) is 0 Å². The summed E-state index contributed by atoms with van der Waals surface area (Å²) in [4.78, 5) is 4.16. The summed E-state index contributed by atoms with van der Waals surface area (Å²) in [5.74, 6) is 0.795. The Morgan fingerprint density at radius 2 is 2.54 bits per heavy atom. The van der Waals surface area contributed by atoms with Crippen molar-refractivity contribution in [2.45, 2.75) is 25.9 Å². The number of ether oxygens (including phenoxy) is 1. The summed E-state index contributed by atoms with van der Waals surface area (Å²) in [6, 6.07) is 0. The van der Waals surface area contributed by atoms with Crippen molar-refractivity contribution in [2.24, 2.45) is 0 Å². The Labute approximate surface area is 81.5 Å². The van der Waals surface area contributed by atoms with Crippen molar-refractivity contribution in [2.75, 3.05) is 13.1 Å². The van der Waals surface area contributed by atoms with Gasteiger partial charge in [0.05, 0.1) is 0 Å². The Balaban J connectivity index is 1.89. The van der Waals surface area contributed by atoms with Crippen LogP contribution in [0.4, 0.5) is 0 Å². The van der Waals surface area contributed by atoms with Crippen LogP contribution in [0.2, 0.25) is 0 Å². The van der Waals surface area contributed by atoms with Gasteiger partial charge in [-0.1, -0.05) is 0 Å². The molecule has 1 aliphatic rings. The van der Waals surface area contributed by atoms with Gasteiger partial charge >= 0.3 is 0 Å². The predicted octanol–water partition coefficient (Wildman–Crippen LogP) is 0.977. The molecule has 5 heteroatoms. The molecule has 13 heavy (non-hydrogen) atoms. The van der Waals surface area contributed by atoms with Crippen molar-refractivity contribution in [3.8, 4) is 5.19 Å². The molecule has 0 spiro atoms. The molecule has 4 nitrogen and oxygen atoms in total. The van der Waals surface area contributed by atoms with Crippen LogP contribution in [0.15, 0.2) is 0 Å². The fourth-order valence-corrected chi connectivity index (χ4v) is 1.99. The van der Waals surface area contributed by atoms with Crippen LogP contribution in [-0.2, 0) is 0 Å². The Kier molecular flexibility index (Phi) is 2.75. The minimum Gasteiger partial charge on any atom is -0.464 e. The van der Waals surface area contributed by atoms with Crippen LogP contribution in [0.5, 0.6) is 5.19 Å². The zero-order valence-electron chi connectivity index (χ0n) is 7.62. The van der Waals surface area contributed by atoms with Crippen LogP contribution in [0.3, 0.4) is 0 Å². The first kappa shape index (κ1) is 8.90. The predicted molar refractivity (Wildman–Crippen MR) is 51.2 cm³/mol. The lowest BCUT2D eigenvalue weighted by molar-refractivity contribution is 0.166. The number of hydrogen-bond donors (Lipinski definition) is 1. The van der Waals surface area contributed by atoms with Crippen LogP contribution in [0, 0.1) is 6.92 Å². The summed E-state index contributed by atoms with van der Waals surface area (Å²) in [5.41, 5.74) is 0. The largest absolute Gasteiger partial charge is 0.464 e. The maximum absolute atomic E-state index is 5.66. The number of aromatic nitrogens is 2. The fourth-order valence-electron chi connectivity index (χ4n) is 1.39. The molecule has 1 saturated heterocycles. The van der Waals surface area contributed by atoms with E-state index in [0.717, 1.165) is 25.3 Å². The molecule has 1 aromatic rings. The van der Waals surface area contributed by atoms with E-state index in [-0.39, 0.29) is 6.10 Å². The normalized spacial score (nSPS) is 23.0. The smallest absolute Gasteiger partial charge is 0.293 e. The van der Waals surface area contributed by atoms with Crippen LogP contribution in [0.1, 0.15) is 18.7 Å². The molecule has 0 amide bonds. The quantitative estimate of drug-likeness (QED) is 0.771. The summed E-state index contributed by atoms with van der Waals surface area (Å²) in [7, 11) is 0. The highest BCUT2D eigenvalue weighted by Gasteiger charge is 2.15. The number of hydrogen-bond acceptors (Lipinski definition) is 5. The maximum atomic E-state index is 5.66. The van der Waals surface area contributed by atoms with Gasteiger partial charge in [-0.15, -0.1) is 0 Å². The van der Waals surface area contributed by atoms with Crippen LogP contribution < -0.4 is 10.1 Å². The summed E-state index contributed by atoms with van der Waals surface area (Å²) in [6.45, 7) is 3.91. The third-order valence-electron chi connectivity index (χ3n) is 2.03. The van der Waals surface area contributed by atoms with Crippen LogP contribution >= 0.6 is 11.5 Å². The van der Waals surface area contributed by atoms with Crippen molar-refractivity contribution in [1.82, 2.24) is 14.7 Å². The zero-order chi connectivity index (χ0) is 9.10. The van der Waals surface area contributed by atoms with Gasteiger partial charge < -0.3 is 10.1 Å². The summed E-state index contributed by atoms with van der Waals surface area (Å²) >= 11 is 1.33. The second-order valence-corrected chi connectivity index (χ2v) is 3.91. The molecular weight excluding hydrogens is 186 g/mol. The van der Waals surface area contributed by atoms with E-state index in [4.69, 9.17) is 4.74 Å². The lowest BCUT2D eigenvalue weighted by Gasteiger charge is -2.22. The van der Waals surface area contributed by atoms with E-state index >= 15 is 0 Å². The molecular formula is C8H13N3OS. The van der Waals surface area contributed by atoms with Gasteiger partial charge in [-0.3, -0.25) is 0 Å². The zero-order valence-corrected chi connectivity index (χ0v) is 8.43. The maximum Gasteiger partial charge on any atom is 0.293 e. The highest BCUT2D eigenvalue weighted by atomic mass is 32.1. The first-order chi connectivity index (χ1) is 6.34. The van der Waals surface area contributed by atoms with E-state index in [2.05, 4.69) is 14.7 Å². The third-order valence-corrected chi connectivity index (χ3v) is 2.73. The van der Waals surface area contributed by atoms with Gasteiger partial charge in [0.25, 0.3) is 5.19 Å². The number of rotatable bonds is 2. The number of nitrogens with one attached hydrogen (secondary N) is 1. The van der Waals surface area contributed by atoms with E-state index < -0.39 is 0 Å². The highest BCUT2D eigenvalue weighted by molar-refractivity contribution is 7.07. The summed E-state index contributed by atoms with van der Waals surface area (Å²) in [5, 5.41) is 3.99. The van der Waals surface area contributed by atoms with E-state index in [0.29, 0.717) is 5.19 Å². The van der Waals surface area contributed by atoms with Crippen molar-refractivity contribution >= 4 is 11.5 Å². The molecule has 0 radical (unpaired) electrons. The lowest BCUT2D eigenvalue weighted by atomic mass is 10.1. The van der Waals surface area contributed by atoms with E-state index in [1.807, 2.05) is 6.92 Å². The number of nitrogens with zero attached hydrogens (tertiary/aromatic N) is 2. The van der Waals surface area contributed by atoms with Gasteiger partial charge in [-0.05, 0) is 26.3 Å². The molecule has 0 aromatic carbocycles. The molecule has 1 aromatic heterocycles. The molecule has 1 fully saturated rings. The molecule has 1 atom stereocenters. The molecule has 0 aliphatic carbocycles. The molecule has 1 unspecified atom stereocenters. The first-order valence-electron chi connectivity index (χ1n) is 4.52.